The average molecular weight is 210 g/mol. The van der Waals surface area contributed by atoms with Crippen LogP contribution in [-0.4, -0.2) is 31.1 Å². The number of hydrogen-bond acceptors (Lipinski definition) is 3. The summed E-state index contributed by atoms with van der Waals surface area (Å²) < 4.78 is 5.37. The molecule has 1 heterocycles. The molecule has 3 heteroatoms. The molecule has 86 valence electrons. The highest BCUT2D eigenvalue weighted by Gasteiger charge is 2.06. The van der Waals surface area contributed by atoms with Crippen molar-refractivity contribution in [3.63, 3.8) is 0 Å². The van der Waals surface area contributed by atoms with Gasteiger partial charge in [0.25, 0.3) is 0 Å². The third kappa shape index (κ3) is 4.06. The van der Waals surface area contributed by atoms with Gasteiger partial charge >= 0.3 is 0 Å². The van der Waals surface area contributed by atoms with Gasteiger partial charge in [-0.3, -0.25) is 0 Å². The summed E-state index contributed by atoms with van der Waals surface area (Å²) in [5, 5.41) is 3.46. The Morgan fingerprint density at radius 2 is 2.27 bits per heavy atom. The fourth-order valence-corrected chi connectivity index (χ4v) is 1.51. The van der Waals surface area contributed by atoms with Crippen LogP contribution in [0.4, 0.5) is 0 Å². The molecular formula is C12H22N2O. The van der Waals surface area contributed by atoms with Crippen molar-refractivity contribution in [3.05, 3.63) is 23.7 Å². The molecule has 0 aliphatic rings. The van der Waals surface area contributed by atoms with E-state index >= 15 is 0 Å². The molecule has 1 rings (SSSR count). The summed E-state index contributed by atoms with van der Waals surface area (Å²) in [5.41, 5.74) is 1.22. The second kappa shape index (κ2) is 5.93. The molecule has 3 nitrogen and oxygen atoms in total. The summed E-state index contributed by atoms with van der Waals surface area (Å²) in [4.78, 5) is 2.30. The Kier molecular flexibility index (Phi) is 4.85. The van der Waals surface area contributed by atoms with Crippen LogP contribution >= 0.6 is 0 Å². The van der Waals surface area contributed by atoms with Gasteiger partial charge < -0.3 is 14.6 Å². The van der Waals surface area contributed by atoms with E-state index in [-0.39, 0.29) is 0 Å². The predicted octanol–water partition coefficient (Wildman–Crippen LogP) is 2.02. The van der Waals surface area contributed by atoms with Gasteiger partial charge in [0.2, 0.25) is 0 Å². The molecule has 0 aliphatic carbocycles. The number of furan rings is 1. The van der Waals surface area contributed by atoms with E-state index in [4.69, 9.17) is 4.42 Å². The van der Waals surface area contributed by atoms with E-state index in [2.05, 4.69) is 38.0 Å². The third-order valence-electron chi connectivity index (χ3n) is 2.70. The second-order valence-electron chi connectivity index (χ2n) is 4.16. The lowest BCUT2D eigenvalue weighted by atomic mass is 10.2. The molecule has 1 atom stereocenters. The standard InChI is InChI=1S/C12H22N2O/c1-5-14(4)9-11(3)13-8-12-10(2)6-7-15-12/h6-7,11,13H,5,8-9H2,1-4H3. The zero-order valence-electron chi connectivity index (χ0n) is 10.2. The number of likely N-dealkylation sites (N-methyl/N-ethyl adjacent to an activating group) is 1. The lowest BCUT2D eigenvalue weighted by Crippen LogP contribution is -2.36. The summed E-state index contributed by atoms with van der Waals surface area (Å²) >= 11 is 0. The fraction of sp³-hybridized carbons (Fsp3) is 0.667. The number of rotatable bonds is 6. The lowest BCUT2D eigenvalue weighted by molar-refractivity contribution is 0.305. The maximum absolute atomic E-state index is 5.37. The minimum Gasteiger partial charge on any atom is -0.468 e. The molecule has 1 N–H and O–H groups in total. The monoisotopic (exact) mass is 210 g/mol. The van der Waals surface area contributed by atoms with Crippen LogP contribution in [0.5, 0.6) is 0 Å². The number of nitrogens with zero attached hydrogens (tertiary/aromatic N) is 1. The third-order valence-corrected chi connectivity index (χ3v) is 2.70. The molecular weight excluding hydrogens is 188 g/mol. The van der Waals surface area contributed by atoms with Gasteiger partial charge in [-0.2, -0.15) is 0 Å². The van der Waals surface area contributed by atoms with Crippen molar-refractivity contribution in [3.8, 4) is 0 Å². The highest BCUT2D eigenvalue weighted by Crippen LogP contribution is 2.08. The highest BCUT2D eigenvalue weighted by molar-refractivity contribution is 5.14. The van der Waals surface area contributed by atoms with Crippen molar-refractivity contribution in [2.24, 2.45) is 0 Å². The molecule has 0 radical (unpaired) electrons. The topological polar surface area (TPSA) is 28.4 Å². The van der Waals surface area contributed by atoms with E-state index < -0.39 is 0 Å². The van der Waals surface area contributed by atoms with Crippen LogP contribution in [0, 0.1) is 6.92 Å². The minimum absolute atomic E-state index is 0.486. The minimum atomic E-state index is 0.486. The van der Waals surface area contributed by atoms with Crippen molar-refractivity contribution in [2.75, 3.05) is 20.1 Å². The zero-order valence-corrected chi connectivity index (χ0v) is 10.2. The van der Waals surface area contributed by atoms with Crippen molar-refractivity contribution in [1.82, 2.24) is 10.2 Å². The van der Waals surface area contributed by atoms with Gasteiger partial charge in [-0.05, 0) is 39.1 Å². The largest absolute Gasteiger partial charge is 0.468 e. The first-order valence-corrected chi connectivity index (χ1v) is 5.58. The number of aryl methyl sites for hydroxylation is 1. The highest BCUT2D eigenvalue weighted by atomic mass is 16.3. The number of hydrogen-bond donors (Lipinski definition) is 1. The average Bonchev–Trinajstić information content (AvgIpc) is 2.61. The SMILES string of the molecule is CCN(C)CC(C)NCc1occc1C. The molecule has 0 saturated carbocycles. The van der Waals surface area contributed by atoms with Gasteiger partial charge in [0.1, 0.15) is 5.76 Å². The fourth-order valence-electron chi connectivity index (χ4n) is 1.51. The maximum Gasteiger partial charge on any atom is 0.120 e. The summed E-state index contributed by atoms with van der Waals surface area (Å²) in [6.45, 7) is 9.41. The first kappa shape index (κ1) is 12.3. The molecule has 0 bridgehead atoms. The molecule has 0 fully saturated rings. The van der Waals surface area contributed by atoms with Gasteiger partial charge in [0.05, 0.1) is 12.8 Å². The van der Waals surface area contributed by atoms with E-state index in [1.165, 1.54) is 5.56 Å². The summed E-state index contributed by atoms with van der Waals surface area (Å²) in [7, 11) is 2.14. The first-order chi connectivity index (χ1) is 7.13. The first-order valence-electron chi connectivity index (χ1n) is 5.58. The van der Waals surface area contributed by atoms with Gasteiger partial charge in [0.15, 0.2) is 0 Å². The molecule has 1 aromatic rings. The quantitative estimate of drug-likeness (QED) is 0.778. The molecule has 1 unspecified atom stereocenters. The Hall–Kier alpha value is -0.800. The molecule has 0 spiro atoms. The Bertz CT molecular complexity index is 283. The van der Waals surface area contributed by atoms with Crippen LogP contribution in [0.15, 0.2) is 16.7 Å². The molecule has 0 saturated heterocycles. The van der Waals surface area contributed by atoms with Crippen LogP contribution in [-0.2, 0) is 6.54 Å². The van der Waals surface area contributed by atoms with E-state index in [0.717, 1.165) is 25.4 Å². The Morgan fingerprint density at radius 1 is 1.53 bits per heavy atom. The molecule has 15 heavy (non-hydrogen) atoms. The van der Waals surface area contributed by atoms with Gasteiger partial charge in [-0.25, -0.2) is 0 Å². The normalized spacial score (nSPS) is 13.4. The zero-order chi connectivity index (χ0) is 11.3. The van der Waals surface area contributed by atoms with Crippen LogP contribution in [0.1, 0.15) is 25.2 Å². The van der Waals surface area contributed by atoms with E-state index in [9.17, 15) is 0 Å². The van der Waals surface area contributed by atoms with Crippen LogP contribution in [0.3, 0.4) is 0 Å². The summed E-state index contributed by atoms with van der Waals surface area (Å²) in [6.07, 6.45) is 1.75. The Morgan fingerprint density at radius 3 is 2.80 bits per heavy atom. The van der Waals surface area contributed by atoms with Crippen LogP contribution < -0.4 is 5.32 Å². The molecule has 0 amide bonds. The predicted molar refractivity (Wildman–Crippen MR) is 62.9 cm³/mol. The van der Waals surface area contributed by atoms with Crippen molar-refractivity contribution in [2.45, 2.75) is 33.4 Å². The van der Waals surface area contributed by atoms with E-state index in [1.807, 2.05) is 6.07 Å². The van der Waals surface area contributed by atoms with Gasteiger partial charge in [-0.1, -0.05) is 6.92 Å². The molecule has 0 aliphatic heterocycles. The van der Waals surface area contributed by atoms with E-state index in [0.29, 0.717) is 6.04 Å². The Balaban J connectivity index is 2.28. The van der Waals surface area contributed by atoms with Crippen LogP contribution in [0.2, 0.25) is 0 Å². The number of nitrogens with one attached hydrogen (secondary N) is 1. The second-order valence-corrected chi connectivity index (χ2v) is 4.16. The van der Waals surface area contributed by atoms with Gasteiger partial charge in [0, 0.05) is 12.6 Å². The smallest absolute Gasteiger partial charge is 0.120 e. The summed E-state index contributed by atoms with van der Waals surface area (Å²) in [5.74, 6) is 1.04. The molecule has 0 aromatic carbocycles. The van der Waals surface area contributed by atoms with E-state index in [1.54, 1.807) is 6.26 Å². The maximum atomic E-state index is 5.37. The molecule has 1 aromatic heterocycles. The van der Waals surface area contributed by atoms with Crippen LogP contribution in [0.25, 0.3) is 0 Å². The Labute approximate surface area is 92.5 Å². The van der Waals surface area contributed by atoms with Gasteiger partial charge in [-0.15, -0.1) is 0 Å². The van der Waals surface area contributed by atoms with Crippen molar-refractivity contribution in [1.29, 1.82) is 0 Å². The summed E-state index contributed by atoms with van der Waals surface area (Å²) in [6, 6.07) is 2.49. The lowest BCUT2D eigenvalue weighted by Gasteiger charge is -2.20. The van der Waals surface area contributed by atoms with Crippen molar-refractivity contribution < 1.29 is 4.42 Å². The van der Waals surface area contributed by atoms with Crippen molar-refractivity contribution >= 4 is 0 Å².